The summed E-state index contributed by atoms with van der Waals surface area (Å²) in [5, 5.41) is 7.47. The fourth-order valence-corrected chi connectivity index (χ4v) is 7.94. The third-order valence-corrected chi connectivity index (χ3v) is 10.1. The number of thiophene rings is 1. The van der Waals surface area contributed by atoms with Crippen LogP contribution in [0.15, 0.2) is 182 Å². The SMILES string of the molecule is c1ccc(N(c2ccccc2)c2cc(N(c3ccccc3)c3ccc4sc5ccccc5c4c3)c3ccc4ccccc4c3c2)cc1. The van der Waals surface area contributed by atoms with E-state index in [0.717, 1.165) is 34.1 Å². The van der Waals surface area contributed by atoms with Crippen LogP contribution in [-0.2, 0) is 0 Å². The van der Waals surface area contributed by atoms with Gasteiger partial charge in [-0.15, -0.1) is 11.3 Å². The Morgan fingerprint density at radius 1 is 0.298 bits per heavy atom. The van der Waals surface area contributed by atoms with Crippen LogP contribution in [0, 0.1) is 0 Å². The molecule has 0 atom stereocenters. The number of anilines is 6. The lowest BCUT2D eigenvalue weighted by Gasteiger charge is -2.31. The van der Waals surface area contributed by atoms with Crippen LogP contribution in [0.3, 0.4) is 0 Å². The predicted molar refractivity (Wildman–Crippen MR) is 204 cm³/mol. The van der Waals surface area contributed by atoms with Crippen molar-refractivity contribution in [1.82, 2.24) is 0 Å². The average Bonchev–Trinajstić information content (AvgIpc) is 3.51. The van der Waals surface area contributed by atoms with Gasteiger partial charge in [-0.3, -0.25) is 0 Å². The third kappa shape index (κ3) is 4.80. The van der Waals surface area contributed by atoms with Crippen molar-refractivity contribution < 1.29 is 0 Å². The monoisotopic (exact) mass is 618 g/mol. The summed E-state index contributed by atoms with van der Waals surface area (Å²) in [4.78, 5) is 4.80. The lowest BCUT2D eigenvalue weighted by molar-refractivity contribution is 1.26. The molecule has 0 bridgehead atoms. The number of hydrogen-bond acceptors (Lipinski definition) is 3. The van der Waals surface area contributed by atoms with Crippen LogP contribution in [0.1, 0.15) is 0 Å². The molecule has 3 heteroatoms. The highest BCUT2D eigenvalue weighted by Gasteiger charge is 2.21. The topological polar surface area (TPSA) is 6.48 Å². The lowest BCUT2D eigenvalue weighted by Crippen LogP contribution is -2.13. The zero-order valence-corrected chi connectivity index (χ0v) is 26.4. The molecule has 9 rings (SSSR count). The Bertz CT molecular complexity index is 2480. The highest BCUT2D eigenvalue weighted by molar-refractivity contribution is 7.25. The number of hydrogen-bond donors (Lipinski definition) is 0. The van der Waals surface area contributed by atoms with Gasteiger partial charge in [0.25, 0.3) is 0 Å². The van der Waals surface area contributed by atoms with Crippen LogP contribution < -0.4 is 9.80 Å². The molecule has 0 saturated carbocycles. The Morgan fingerprint density at radius 2 is 0.851 bits per heavy atom. The molecule has 0 aliphatic carbocycles. The summed E-state index contributed by atoms with van der Waals surface area (Å²) in [5.41, 5.74) is 6.70. The fraction of sp³-hybridized carbons (Fsp3) is 0. The molecule has 0 radical (unpaired) electrons. The quantitative estimate of drug-likeness (QED) is 0.171. The zero-order valence-electron chi connectivity index (χ0n) is 25.6. The van der Waals surface area contributed by atoms with Gasteiger partial charge in [-0.05, 0) is 89.0 Å². The van der Waals surface area contributed by atoms with Gasteiger partial charge in [-0.2, -0.15) is 0 Å². The third-order valence-electron chi connectivity index (χ3n) is 8.98. The molecule has 2 nitrogen and oxygen atoms in total. The van der Waals surface area contributed by atoms with E-state index < -0.39 is 0 Å². The summed E-state index contributed by atoms with van der Waals surface area (Å²) in [6.07, 6.45) is 0. The van der Waals surface area contributed by atoms with Gasteiger partial charge in [0.1, 0.15) is 0 Å². The van der Waals surface area contributed by atoms with Gasteiger partial charge in [-0.25, -0.2) is 0 Å². The minimum Gasteiger partial charge on any atom is -0.310 e. The smallest absolute Gasteiger partial charge is 0.0561 e. The number of nitrogens with zero attached hydrogens (tertiary/aromatic N) is 2. The normalized spacial score (nSPS) is 11.4. The highest BCUT2D eigenvalue weighted by Crippen LogP contribution is 2.47. The molecule has 0 aliphatic heterocycles. The molecule has 1 aromatic heterocycles. The van der Waals surface area contributed by atoms with Crippen LogP contribution >= 0.6 is 11.3 Å². The predicted octanol–water partition coefficient (Wildman–Crippen LogP) is 13.3. The summed E-state index contributed by atoms with van der Waals surface area (Å²) < 4.78 is 2.61. The largest absolute Gasteiger partial charge is 0.310 e. The first kappa shape index (κ1) is 27.4. The number of benzene rings is 8. The van der Waals surface area contributed by atoms with Gasteiger partial charge in [0.15, 0.2) is 0 Å². The summed E-state index contributed by atoms with van der Waals surface area (Å²) in [5.74, 6) is 0. The summed E-state index contributed by atoms with van der Waals surface area (Å²) >= 11 is 1.85. The molecule has 1 heterocycles. The van der Waals surface area contributed by atoms with Crippen molar-refractivity contribution >= 4 is 87.2 Å². The van der Waals surface area contributed by atoms with Crippen molar-refractivity contribution in [3.8, 4) is 0 Å². The van der Waals surface area contributed by atoms with E-state index in [1.54, 1.807) is 0 Å². The lowest BCUT2D eigenvalue weighted by atomic mass is 9.98. The molecule has 0 amide bonds. The van der Waals surface area contributed by atoms with Gasteiger partial charge >= 0.3 is 0 Å². The van der Waals surface area contributed by atoms with E-state index in [-0.39, 0.29) is 0 Å². The zero-order chi connectivity index (χ0) is 31.2. The van der Waals surface area contributed by atoms with Crippen molar-refractivity contribution in [3.63, 3.8) is 0 Å². The minimum absolute atomic E-state index is 1.10. The second-order valence-electron chi connectivity index (χ2n) is 11.8. The van der Waals surface area contributed by atoms with Crippen molar-refractivity contribution in [2.75, 3.05) is 9.80 Å². The van der Waals surface area contributed by atoms with Crippen molar-refractivity contribution in [2.24, 2.45) is 0 Å². The van der Waals surface area contributed by atoms with Crippen molar-refractivity contribution in [2.45, 2.75) is 0 Å². The Morgan fingerprint density at radius 3 is 1.55 bits per heavy atom. The van der Waals surface area contributed by atoms with Crippen LogP contribution in [-0.4, -0.2) is 0 Å². The minimum atomic E-state index is 1.10. The Kier molecular flexibility index (Phi) is 6.69. The molecule has 0 unspecified atom stereocenters. The van der Waals surface area contributed by atoms with E-state index in [9.17, 15) is 0 Å². The fourth-order valence-electron chi connectivity index (χ4n) is 6.85. The Hall–Kier alpha value is -5.90. The summed E-state index contributed by atoms with van der Waals surface area (Å²) in [6.45, 7) is 0. The number of fused-ring (bicyclic) bond motifs is 6. The molecule has 0 N–H and O–H groups in total. The maximum atomic E-state index is 2.43. The van der Waals surface area contributed by atoms with Crippen LogP contribution in [0.2, 0.25) is 0 Å². The van der Waals surface area contributed by atoms with Gasteiger partial charge in [-0.1, -0.05) is 109 Å². The van der Waals surface area contributed by atoms with E-state index in [2.05, 4.69) is 192 Å². The van der Waals surface area contributed by atoms with Crippen LogP contribution in [0.5, 0.6) is 0 Å². The van der Waals surface area contributed by atoms with E-state index >= 15 is 0 Å². The molecule has 47 heavy (non-hydrogen) atoms. The first-order chi connectivity index (χ1) is 23.3. The van der Waals surface area contributed by atoms with E-state index in [0.29, 0.717) is 0 Å². The molecule has 0 spiro atoms. The maximum Gasteiger partial charge on any atom is 0.0561 e. The van der Waals surface area contributed by atoms with Gasteiger partial charge in [0, 0.05) is 54.0 Å². The first-order valence-corrected chi connectivity index (χ1v) is 16.8. The van der Waals surface area contributed by atoms with Crippen LogP contribution in [0.4, 0.5) is 34.1 Å². The van der Waals surface area contributed by atoms with E-state index in [1.165, 1.54) is 41.7 Å². The molecule has 9 aromatic rings. The van der Waals surface area contributed by atoms with Crippen molar-refractivity contribution in [3.05, 3.63) is 182 Å². The van der Waals surface area contributed by atoms with E-state index in [4.69, 9.17) is 0 Å². The molecule has 222 valence electrons. The second-order valence-corrected chi connectivity index (χ2v) is 12.9. The average molecular weight is 619 g/mol. The Labute approximate surface area is 278 Å². The highest BCUT2D eigenvalue weighted by atomic mass is 32.1. The Balaban J connectivity index is 1.37. The molecule has 0 saturated heterocycles. The molecule has 8 aromatic carbocycles. The standard InChI is InChI=1S/C44H30N2S/c1-4-15-32(16-5-1)45(33-17-6-2-7-18-33)36-29-40-37-21-11-10-14-31(37)24-26-38(40)42(30-36)46(34-19-8-3-9-20-34)35-25-27-44-41(28-35)39-22-12-13-23-43(39)47-44/h1-30H. The summed E-state index contributed by atoms with van der Waals surface area (Å²) in [6, 6.07) is 65.7. The second kappa shape index (κ2) is 11.5. The maximum absolute atomic E-state index is 2.43. The first-order valence-electron chi connectivity index (χ1n) is 15.9. The van der Waals surface area contributed by atoms with Crippen LogP contribution in [0.25, 0.3) is 41.7 Å². The summed E-state index contributed by atoms with van der Waals surface area (Å²) in [7, 11) is 0. The van der Waals surface area contributed by atoms with Gasteiger partial charge < -0.3 is 9.80 Å². The molecule has 0 aliphatic rings. The molecule has 0 fully saturated rings. The number of para-hydroxylation sites is 3. The van der Waals surface area contributed by atoms with E-state index in [1.807, 2.05) is 11.3 Å². The van der Waals surface area contributed by atoms with Gasteiger partial charge in [0.2, 0.25) is 0 Å². The van der Waals surface area contributed by atoms with Crippen molar-refractivity contribution in [1.29, 1.82) is 0 Å². The van der Waals surface area contributed by atoms with Gasteiger partial charge in [0.05, 0.1) is 5.69 Å². The number of rotatable bonds is 6. The molecular weight excluding hydrogens is 589 g/mol. The molecular formula is C44H30N2S.